The van der Waals surface area contributed by atoms with Crippen LogP contribution in [0.4, 0.5) is 5.69 Å². The number of aliphatic imine (C=N–C) groups is 1. The molecule has 0 unspecified atom stereocenters. The monoisotopic (exact) mass is 360 g/mol. The zero-order valence-corrected chi connectivity index (χ0v) is 16.8. The lowest BCUT2D eigenvalue weighted by atomic mass is 9.99. The minimum atomic E-state index is 0.693. The molecule has 2 N–H and O–H groups in total. The standard InChI is InChI=1S/C21H36N4O/c1-4-22-21(23-13-6-16-26-5-2)24-17-19-7-9-20(10-8-19)25-14-11-18(3)12-15-25/h7-10,18H,4-6,11-17H2,1-3H3,(H2,22,23,24). The number of hydrogen-bond donors (Lipinski definition) is 2. The van der Waals surface area contributed by atoms with Crippen molar-refractivity contribution in [2.75, 3.05) is 44.3 Å². The molecule has 1 aromatic carbocycles. The molecule has 0 spiro atoms. The average Bonchev–Trinajstić information content (AvgIpc) is 2.67. The maximum Gasteiger partial charge on any atom is 0.191 e. The van der Waals surface area contributed by atoms with Gasteiger partial charge in [0, 0.05) is 45.1 Å². The number of benzene rings is 1. The number of nitrogens with one attached hydrogen (secondary N) is 2. The molecule has 5 nitrogen and oxygen atoms in total. The Morgan fingerprint density at radius 2 is 1.88 bits per heavy atom. The molecule has 0 amide bonds. The molecule has 5 heteroatoms. The van der Waals surface area contributed by atoms with E-state index in [1.165, 1.54) is 37.2 Å². The summed E-state index contributed by atoms with van der Waals surface area (Å²) in [7, 11) is 0. The largest absolute Gasteiger partial charge is 0.382 e. The van der Waals surface area contributed by atoms with Gasteiger partial charge < -0.3 is 20.3 Å². The van der Waals surface area contributed by atoms with E-state index in [0.29, 0.717) is 6.54 Å². The fourth-order valence-electron chi connectivity index (χ4n) is 3.12. The van der Waals surface area contributed by atoms with E-state index in [9.17, 15) is 0 Å². The first-order valence-corrected chi connectivity index (χ1v) is 10.2. The quantitative estimate of drug-likeness (QED) is 0.403. The third-order valence-corrected chi connectivity index (χ3v) is 4.81. The average molecular weight is 361 g/mol. The Morgan fingerprint density at radius 1 is 1.15 bits per heavy atom. The van der Waals surface area contributed by atoms with Crippen LogP contribution in [-0.2, 0) is 11.3 Å². The van der Waals surface area contributed by atoms with Crippen LogP contribution in [0.25, 0.3) is 0 Å². The SMILES string of the molecule is CCNC(=NCc1ccc(N2CCC(C)CC2)cc1)NCCCOCC. The third kappa shape index (κ3) is 7.24. The predicted molar refractivity (Wildman–Crippen MR) is 111 cm³/mol. The third-order valence-electron chi connectivity index (χ3n) is 4.81. The molecule has 1 aliphatic rings. The van der Waals surface area contributed by atoms with Gasteiger partial charge >= 0.3 is 0 Å². The first-order valence-electron chi connectivity index (χ1n) is 10.2. The second-order valence-corrected chi connectivity index (χ2v) is 7.01. The molecule has 1 heterocycles. The molecule has 2 rings (SSSR count). The van der Waals surface area contributed by atoms with Crippen molar-refractivity contribution in [3.8, 4) is 0 Å². The summed E-state index contributed by atoms with van der Waals surface area (Å²) in [5.74, 6) is 1.74. The van der Waals surface area contributed by atoms with E-state index in [2.05, 4.69) is 53.6 Å². The predicted octanol–water partition coefficient (Wildman–Crippen LogP) is 3.40. The van der Waals surface area contributed by atoms with Crippen LogP contribution in [0.3, 0.4) is 0 Å². The molecule has 1 aromatic rings. The van der Waals surface area contributed by atoms with Crippen LogP contribution in [0.15, 0.2) is 29.3 Å². The van der Waals surface area contributed by atoms with Crippen LogP contribution in [-0.4, -0.2) is 45.4 Å². The van der Waals surface area contributed by atoms with Gasteiger partial charge in [0.2, 0.25) is 0 Å². The summed E-state index contributed by atoms with van der Waals surface area (Å²) in [5.41, 5.74) is 2.58. The first kappa shape index (κ1) is 20.6. The molecule has 0 bridgehead atoms. The lowest BCUT2D eigenvalue weighted by Crippen LogP contribution is -2.38. The zero-order valence-electron chi connectivity index (χ0n) is 16.8. The Bertz CT molecular complexity index is 521. The number of anilines is 1. The minimum Gasteiger partial charge on any atom is -0.382 e. The summed E-state index contributed by atoms with van der Waals surface area (Å²) in [6, 6.07) is 8.89. The molecule has 0 atom stereocenters. The molecule has 0 radical (unpaired) electrons. The van der Waals surface area contributed by atoms with Crippen molar-refractivity contribution in [2.24, 2.45) is 10.9 Å². The van der Waals surface area contributed by atoms with Gasteiger partial charge in [-0.15, -0.1) is 0 Å². The highest BCUT2D eigenvalue weighted by Gasteiger charge is 2.15. The Hall–Kier alpha value is -1.75. The molecule has 1 saturated heterocycles. The summed E-state index contributed by atoms with van der Waals surface area (Å²) in [5, 5.41) is 6.67. The summed E-state index contributed by atoms with van der Waals surface area (Å²) < 4.78 is 5.37. The van der Waals surface area contributed by atoms with Crippen molar-refractivity contribution in [1.82, 2.24) is 10.6 Å². The van der Waals surface area contributed by atoms with Gasteiger partial charge in [0.05, 0.1) is 6.54 Å². The topological polar surface area (TPSA) is 48.9 Å². The van der Waals surface area contributed by atoms with Gasteiger partial charge in [-0.2, -0.15) is 0 Å². The van der Waals surface area contributed by atoms with Gasteiger partial charge in [-0.25, -0.2) is 4.99 Å². The first-order chi connectivity index (χ1) is 12.7. The molecular formula is C21H36N4O. The van der Waals surface area contributed by atoms with Crippen LogP contribution in [0, 0.1) is 5.92 Å². The molecule has 0 saturated carbocycles. The fourth-order valence-corrected chi connectivity index (χ4v) is 3.12. The van der Waals surface area contributed by atoms with Crippen LogP contribution in [0.1, 0.15) is 45.6 Å². The van der Waals surface area contributed by atoms with E-state index in [4.69, 9.17) is 9.73 Å². The summed E-state index contributed by atoms with van der Waals surface area (Å²) in [4.78, 5) is 7.19. The van der Waals surface area contributed by atoms with E-state index in [1.807, 2.05) is 6.92 Å². The minimum absolute atomic E-state index is 0.693. The fraction of sp³-hybridized carbons (Fsp3) is 0.667. The Labute approximate surface area is 159 Å². The molecule has 0 aliphatic carbocycles. The smallest absolute Gasteiger partial charge is 0.191 e. The number of nitrogens with zero attached hydrogens (tertiary/aromatic N) is 2. The molecule has 1 aliphatic heterocycles. The maximum absolute atomic E-state index is 5.37. The number of piperidine rings is 1. The Kier molecular flexibility index (Phi) is 9.32. The van der Waals surface area contributed by atoms with E-state index in [1.54, 1.807) is 0 Å². The Balaban J connectivity index is 1.82. The number of ether oxygens (including phenoxy) is 1. The molecule has 1 fully saturated rings. The lowest BCUT2D eigenvalue weighted by molar-refractivity contribution is 0.145. The van der Waals surface area contributed by atoms with E-state index in [-0.39, 0.29) is 0 Å². The van der Waals surface area contributed by atoms with Gasteiger partial charge in [-0.05, 0) is 56.7 Å². The van der Waals surface area contributed by atoms with E-state index in [0.717, 1.165) is 44.6 Å². The normalized spacial score (nSPS) is 16.0. The van der Waals surface area contributed by atoms with Crippen LogP contribution < -0.4 is 15.5 Å². The summed E-state index contributed by atoms with van der Waals surface area (Å²) in [6.07, 6.45) is 3.58. The van der Waals surface area contributed by atoms with E-state index < -0.39 is 0 Å². The second-order valence-electron chi connectivity index (χ2n) is 7.01. The highest BCUT2D eigenvalue weighted by molar-refractivity contribution is 5.79. The summed E-state index contributed by atoms with van der Waals surface area (Å²) in [6.45, 7) is 12.8. The molecule has 146 valence electrons. The zero-order chi connectivity index (χ0) is 18.6. The number of guanidine groups is 1. The highest BCUT2D eigenvalue weighted by Crippen LogP contribution is 2.23. The van der Waals surface area contributed by atoms with Crippen molar-refractivity contribution < 1.29 is 4.74 Å². The van der Waals surface area contributed by atoms with Crippen LogP contribution >= 0.6 is 0 Å². The van der Waals surface area contributed by atoms with Crippen LogP contribution in [0.5, 0.6) is 0 Å². The van der Waals surface area contributed by atoms with Crippen LogP contribution in [0.2, 0.25) is 0 Å². The van der Waals surface area contributed by atoms with Crippen molar-refractivity contribution in [1.29, 1.82) is 0 Å². The molecule has 0 aromatic heterocycles. The second kappa shape index (κ2) is 11.8. The van der Waals surface area contributed by atoms with Crippen molar-refractivity contribution in [3.05, 3.63) is 29.8 Å². The van der Waals surface area contributed by atoms with Gasteiger partial charge in [0.15, 0.2) is 5.96 Å². The van der Waals surface area contributed by atoms with Gasteiger partial charge in [0.1, 0.15) is 0 Å². The van der Waals surface area contributed by atoms with Gasteiger partial charge in [0.25, 0.3) is 0 Å². The lowest BCUT2D eigenvalue weighted by Gasteiger charge is -2.32. The maximum atomic E-state index is 5.37. The highest BCUT2D eigenvalue weighted by atomic mass is 16.5. The Morgan fingerprint density at radius 3 is 2.54 bits per heavy atom. The van der Waals surface area contributed by atoms with Gasteiger partial charge in [-0.1, -0.05) is 19.1 Å². The summed E-state index contributed by atoms with van der Waals surface area (Å²) >= 11 is 0. The van der Waals surface area contributed by atoms with Gasteiger partial charge in [-0.3, -0.25) is 0 Å². The van der Waals surface area contributed by atoms with Crippen molar-refractivity contribution >= 4 is 11.6 Å². The molecule has 26 heavy (non-hydrogen) atoms. The van der Waals surface area contributed by atoms with E-state index >= 15 is 0 Å². The molecular weight excluding hydrogens is 324 g/mol. The van der Waals surface area contributed by atoms with Crippen molar-refractivity contribution in [3.63, 3.8) is 0 Å². The number of rotatable bonds is 9. The van der Waals surface area contributed by atoms with Crippen molar-refractivity contribution in [2.45, 2.75) is 46.6 Å². The number of hydrogen-bond acceptors (Lipinski definition) is 3.